The van der Waals surface area contributed by atoms with Crippen molar-refractivity contribution in [2.24, 2.45) is 0 Å². The SMILES string of the molecule is CC(=O)O.Cc1cc(/C(=C2/C=CC(=N)C(S(=O)(=O)O)=C2)c2ccc(N)c(S(=O)(=O)[O-])c2)cc(S(=O)(=O)[O-])c1N.[Na+].[Na+]. The molecule has 1 aliphatic rings. The Morgan fingerprint density at radius 3 is 1.83 bits per heavy atom. The van der Waals surface area contributed by atoms with Crippen molar-refractivity contribution in [2.45, 2.75) is 23.6 Å². The molecule has 19 heteroatoms. The Labute approximate surface area is 280 Å². The van der Waals surface area contributed by atoms with Gasteiger partial charge in [0.05, 0.1) is 21.2 Å². The van der Waals surface area contributed by atoms with Gasteiger partial charge in [-0.05, 0) is 71.2 Å². The van der Waals surface area contributed by atoms with Crippen LogP contribution in [0.25, 0.3) is 5.57 Å². The van der Waals surface area contributed by atoms with Gasteiger partial charge >= 0.3 is 59.1 Å². The molecule has 0 saturated heterocycles. The molecule has 3 rings (SSSR count). The fourth-order valence-electron chi connectivity index (χ4n) is 3.41. The third-order valence-corrected chi connectivity index (χ3v) is 7.69. The van der Waals surface area contributed by atoms with Gasteiger partial charge in [-0.1, -0.05) is 12.1 Å². The molecule has 0 bridgehead atoms. The molecule has 1 aliphatic carbocycles. The first-order valence-electron chi connectivity index (χ1n) is 10.3. The summed E-state index contributed by atoms with van der Waals surface area (Å²) in [6.07, 6.45) is 3.16. The molecule has 2 aromatic carbocycles. The van der Waals surface area contributed by atoms with E-state index < -0.39 is 56.7 Å². The molecule has 14 nitrogen and oxygen atoms in total. The second kappa shape index (κ2) is 14.5. The summed E-state index contributed by atoms with van der Waals surface area (Å²) in [5.41, 5.74) is 10.1. The molecule has 0 atom stereocenters. The topological polar surface area (TPSA) is 282 Å². The molecule has 210 valence electrons. The molecule has 0 unspecified atom stereocenters. The molecule has 41 heavy (non-hydrogen) atoms. The number of aliphatic carboxylic acids is 1. The van der Waals surface area contributed by atoms with Crippen LogP contribution in [-0.2, 0) is 35.1 Å². The van der Waals surface area contributed by atoms with Crippen LogP contribution in [0, 0.1) is 12.3 Å². The molecule has 0 radical (unpaired) electrons. The number of hydrogen-bond acceptors (Lipinski definition) is 12. The van der Waals surface area contributed by atoms with Crippen LogP contribution in [0.2, 0.25) is 0 Å². The monoisotopic (exact) mass is 645 g/mol. The first-order valence-corrected chi connectivity index (χ1v) is 14.5. The Kier molecular flexibility index (Phi) is 13.9. The summed E-state index contributed by atoms with van der Waals surface area (Å²) in [5, 5.41) is 15.2. The standard InChI is InChI=1S/C20H19N3O9S3.C2H4O2.2Na/c1-10-6-13(9-18(20(10)23)35(30,31)32)19(11-2-4-14(21)16(7-11)33(24,25)26)12-3-5-15(22)17(8-12)34(27,28)29;1-2(3)4;;/h2-9,21H,22-23H2,1H3,(H,24,25,26)(H,27,28,29)(H,30,31,32);1H3,(H,3,4);;/q;;2*+1/p-2/b19-11-,21-14?;;;. The number of hydrogen-bond donors (Lipinski definition) is 5. The van der Waals surface area contributed by atoms with Gasteiger partial charge in [0.1, 0.15) is 25.1 Å². The summed E-state index contributed by atoms with van der Waals surface area (Å²) in [5.74, 6) is -0.833. The fraction of sp³-hybridized carbons (Fsp3) is 0.0909. The van der Waals surface area contributed by atoms with Crippen LogP contribution in [0.5, 0.6) is 0 Å². The Morgan fingerprint density at radius 1 is 0.878 bits per heavy atom. The minimum absolute atomic E-state index is 0. The number of carbonyl (C=O) groups is 1. The number of aryl methyl sites for hydroxylation is 1. The molecule has 0 saturated carbocycles. The van der Waals surface area contributed by atoms with Crippen molar-refractivity contribution in [3.05, 3.63) is 75.7 Å². The fourth-order valence-corrected chi connectivity index (χ4v) is 5.37. The van der Waals surface area contributed by atoms with Gasteiger partial charge in [0, 0.05) is 12.6 Å². The van der Waals surface area contributed by atoms with Crippen LogP contribution in [-0.4, -0.2) is 55.7 Å². The summed E-state index contributed by atoms with van der Waals surface area (Å²) in [7, 11) is -15.0. The van der Waals surface area contributed by atoms with E-state index in [2.05, 4.69) is 0 Å². The van der Waals surface area contributed by atoms with Crippen molar-refractivity contribution in [1.29, 1.82) is 5.41 Å². The Hall–Kier alpha value is -1.87. The molecular formula is C22H21N3Na2O11S3. The number of anilines is 2. The minimum atomic E-state index is -5.07. The summed E-state index contributed by atoms with van der Waals surface area (Å²) in [4.78, 5) is 6.61. The maximum Gasteiger partial charge on any atom is 1.00 e. The smallest absolute Gasteiger partial charge is 0.744 e. The summed E-state index contributed by atoms with van der Waals surface area (Å²) in [6, 6.07) is 5.52. The second-order valence-electron chi connectivity index (χ2n) is 7.95. The van der Waals surface area contributed by atoms with Crippen molar-refractivity contribution >= 4 is 59.0 Å². The van der Waals surface area contributed by atoms with E-state index >= 15 is 0 Å². The molecule has 0 fully saturated rings. The van der Waals surface area contributed by atoms with Crippen LogP contribution in [0.15, 0.2) is 68.8 Å². The first-order chi connectivity index (χ1) is 17.6. The van der Waals surface area contributed by atoms with E-state index in [4.69, 9.17) is 26.8 Å². The van der Waals surface area contributed by atoms with Gasteiger partial charge in [-0.3, -0.25) is 14.8 Å². The average Bonchev–Trinajstić information content (AvgIpc) is 2.75. The summed E-state index contributed by atoms with van der Waals surface area (Å²) < 4.78 is 104. The quantitative estimate of drug-likeness (QED) is 0.116. The van der Waals surface area contributed by atoms with Gasteiger partial charge in [0.25, 0.3) is 16.1 Å². The maximum absolute atomic E-state index is 11.8. The normalized spacial score (nSPS) is 14.5. The molecule has 7 N–H and O–H groups in total. The average molecular weight is 646 g/mol. The van der Waals surface area contributed by atoms with E-state index in [0.29, 0.717) is 0 Å². The van der Waals surface area contributed by atoms with Crippen molar-refractivity contribution in [3.8, 4) is 0 Å². The van der Waals surface area contributed by atoms with Crippen LogP contribution in [0.4, 0.5) is 11.4 Å². The maximum atomic E-state index is 11.8. The van der Waals surface area contributed by atoms with Gasteiger partial charge in [-0.25, -0.2) is 16.8 Å². The minimum Gasteiger partial charge on any atom is -0.744 e. The molecule has 0 amide bonds. The van der Waals surface area contributed by atoms with Crippen molar-refractivity contribution in [2.75, 3.05) is 11.5 Å². The van der Waals surface area contributed by atoms with Crippen molar-refractivity contribution < 1.29 is 108 Å². The predicted molar refractivity (Wildman–Crippen MR) is 138 cm³/mol. The number of nitrogen functional groups attached to an aromatic ring is 2. The van der Waals surface area contributed by atoms with Crippen LogP contribution in [0.1, 0.15) is 23.6 Å². The van der Waals surface area contributed by atoms with E-state index in [-0.39, 0.29) is 98.3 Å². The van der Waals surface area contributed by atoms with Gasteiger partial charge < -0.3 is 25.7 Å². The Morgan fingerprint density at radius 2 is 1.37 bits per heavy atom. The number of allylic oxidation sites excluding steroid dienone is 5. The Balaban J connectivity index is 0.00000250. The number of nitrogens with one attached hydrogen (secondary N) is 1. The van der Waals surface area contributed by atoms with E-state index in [0.717, 1.165) is 37.3 Å². The third-order valence-electron chi connectivity index (χ3n) is 5.03. The molecule has 2 aromatic rings. The third kappa shape index (κ3) is 10.1. The second-order valence-corrected chi connectivity index (χ2v) is 12.0. The Bertz CT molecular complexity index is 1810. The van der Waals surface area contributed by atoms with Gasteiger partial charge in [0.2, 0.25) is 0 Å². The first kappa shape index (κ1) is 39.1. The summed E-state index contributed by atoms with van der Waals surface area (Å²) in [6.45, 7) is 2.48. The van der Waals surface area contributed by atoms with Gasteiger partial charge in [-0.15, -0.1) is 0 Å². The molecule has 0 heterocycles. The van der Waals surface area contributed by atoms with E-state index in [1.807, 2.05) is 0 Å². The molecule has 0 spiro atoms. The van der Waals surface area contributed by atoms with E-state index in [1.165, 1.54) is 25.1 Å². The largest absolute Gasteiger partial charge is 1.00 e. The molecule has 0 aromatic heterocycles. The number of carboxylic acids is 1. The zero-order valence-corrected chi connectivity index (χ0v) is 28.5. The molecular weight excluding hydrogens is 624 g/mol. The predicted octanol–water partition coefficient (Wildman–Crippen LogP) is -4.77. The van der Waals surface area contributed by atoms with Crippen molar-refractivity contribution in [3.63, 3.8) is 0 Å². The van der Waals surface area contributed by atoms with Crippen LogP contribution >= 0.6 is 0 Å². The number of carboxylic acid groups (broad SMARTS) is 1. The van der Waals surface area contributed by atoms with Crippen molar-refractivity contribution in [1.82, 2.24) is 0 Å². The van der Waals surface area contributed by atoms with E-state index in [9.17, 15) is 38.9 Å². The summed E-state index contributed by atoms with van der Waals surface area (Å²) >= 11 is 0. The van der Waals surface area contributed by atoms with Gasteiger partial charge in [-0.2, -0.15) is 8.42 Å². The van der Waals surface area contributed by atoms with Gasteiger partial charge in [0.15, 0.2) is 0 Å². The molecule has 0 aliphatic heterocycles. The van der Waals surface area contributed by atoms with Crippen LogP contribution in [0.3, 0.4) is 0 Å². The number of nitrogens with two attached hydrogens (primary N) is 2. The number of rotatable bonds is 5. The zero-order chi connectivity index (χ0) is 30.1. The zero-order valence-electron chi connectivity index (χ0n) is 22.1. The number of benzene rings is 2. The van der Waals surface area contributed by atoms with Crippen LogP contribution < -0.4 is 70.6 Å². The van der Waals surface area contributed by atoms with E-state index in [1.54, 1.807) is 0 Å².